The molecule has 0 aliphatic carbocycles. The number of hydrogen-bond acceptors (Lipinski definition) is 7. The van der Waals surface area contributed by atoms with Gasteiger partial charge in [0.15, 0.2) is 0 Å². The summed E-state index contributed by atoms with van der Waals surface area (Å²) < 4.78 is 1.01. The van der Waals surface area contributed by atoms with Gasteiger partial charge in [0.1, 0.15) is 0 Å². The first-order valence-electron chi connectivity index (χ1n) is 11.4. The molecule has 0 fully saturated rings. The Labute approximate surface area is 210 Å². The summed E-state index contributed by atoms with van der Waals surface area (Å²) in [5.74, 6) is -3.83. The van der Waals surface area contributed by atoms with E-state index >= 15 is 0 Å². The summed E-state index contributed by atoms with van der Waals surface area (Å²) in [5.41, 5.74) is 0. The molecule has 0 rings (SSSR count). The summed E-state index contributed by atoms with van der Waals surface area (Å²) in [6, 6.07) is -3.58. The molecule has 12 nitrogen and oxygen atoms in total. The van der Waals surface area contributed by atoms with E-state index in [1.54, 1.807) is 0 Å². The molecule has 0 saturated carbocycles. The number of carbonyl (C=O) groups is 5. The summed E-state index contributed by atoms with van der Waals surface area (Å²) in [7, 11) is 0. The molecule has 0 aliphatic heterocycles. The number of nitrogens with one attached hydrogen (secondary N) is 4. The van der Waals surface area contributed by atoms with Crippen LogP contribution in [0.3, 0.4) is 0 Å². The maximum atomic E-state index is 12.0. The van der Waals surface area contributed by atoms with Gasteiger partial charge in [0.2, 0.25) is 0 Å². The minimum atomic E-state index is -1.43. The fourth-order valence-electron chi connectivity index (χ4n) is 2.96. The van der Waals surface area contributed by atoms with Gasteiger partial charge < -0.3 is 10.2 Å². The number of carboxylic acid groups (broad SMARTS) is 3. The van der Waals surface area contributed by atoms with Gasteiger partial charge in [-0.3, -0.25) is 4.79 Å². The molecule has 0 saturated heterocycles. The van der Waals surface area contributed by atoms with Crippen molar-refractivity contribution in [3.8, 4) is 0 Å². The number of rotatable bonds is 22. The van der Waals surface area contributed by atoms with E-state index in [0.717, 1.165) is 49.1 Å². The Morgan fingerprint density at radius 2 is 1.24 bits per heavy atom. The van der Waals surface area contributed by atoms with Crippen LogP contribution in [-0.2, 0) is 38.5 Å². The Morgan fingerprint density at radius 3 is 1.76 bits per heavy atom. The van der Waals surface area contributed by atoms with E-state index in [2.05, 4.69) is 21.3 Å². The van der Waals surface area contributed by atoms with Gasteiger partial charge in [-0.1, -0.05) is 0 Å². The van der Waals surface area contributed by atoms with E-state index in [4.69, 9.17) is 10.2 Å². The molecule has 0 unspecified atom stereocenters. The summed E-state index contributed by atoms with van der Waals surface area (Å²) in [6.07, 6.45) is 7.50. The standard InChI is InChI=1S/C21H36N4O8.W/c26-14-8-4-2-1-3-6-12-22-15-23-13-7-5-9-16(19(29)30)24-21(33)25-17(20(31)32)10-11-18(27)28;/h14,16-17,22-23H,1-13H2,(H,27,28)(H,29,30)(H,31,32)(H2,24,25,33);/t16-,17-;/m0./s1. The molecule has 194 valence electrons. The van der Waals surface area contributed by atoms with Gasteiger partial charge in [0.25, 0.3) is 0 Å². The fraction of sp³-hybridized carbons (Fsp3) is 0.714. The van der Waals surface area contributed by atoms with E-state index in [1.807, 2.05) is 0 Å². The second-order valence-electron chi connectivity index (χ2n) is 7.73. The third-order valence-corrected chi connectivity index (χ3v) is 5.88. The van der Waals surface area contributed by atoms with Crippen LogP contribution < -0.4 is 21.3 Å². The fourth-order valence-corrected chi connectivity index (χ4v) is 3.70. The van der Waals surface area contributed by atoms with Crippen LogP contribution in [0.4, 0.5) is 4.79 Å². The molecule has 0 radical (unpaired) electrons. The van der Waals surface area contributed by atoms with Gasteiger partial charge >= 0.3 is 184 Å². The Balaban J connectivity index is 4.07. The maximum absolute atomic E-state index is 12.0. The Morgan fingerprint density at radius 1 is 0.735 bits per heavy atom. The van der Waals surface area contributed by atoms with Crippen molar-refractivity contribution in [1.29, 1.82) is 0 Å². The number of urea groups is 1. The van der Waals surface area contributed by atoms with Crippen LogP contribution >= 0.6 is 0 Å². The van der Waals surface area contributed by atoms with Crippen molar-refractivity contribution in [2.75, 3.05) is 13.1 Å². The molecule has 0 heterocycles. The number of unbranched alkanes of at least 4 members (excludes halogenated alkanes) is 6. The minimum absolute atomic E-state index is 0.167. The first kappa shape index (κ1) is 31.8. The predicted octanol–water partition coefficient (Wildman–Crippen LogP) is 0.580. The molecule has 0 aromatic heterocycles. The molecule has 0 aromatic rings. The average Bonchev–Trinajstić information content (AvgIpc) is 2.76. The topological polar surface area (TPSA) is 194 Å². The van der Waals surface area contributed by atoms with Crippen molar-refractivity contribution >= 4 is 34.4 Å². The van der Waals surface area contributed by atoms with Crippen LogP contribution in [0.2, 0.25) is 0 Å². The number of aldehydes is 1. The van der Waals surface area contributed by atoms with Crippen LogP contribution in [0, 0.1) is 0 Å². The molecular weight excluding hydrogens is 620 g/mol. The van der Waals surface area contributed by atoms with Crippen LogP contribution in [0.15, 0.2) is 0 Å². The van der Waals surface area contributed by atoms with Crippen LogP contribution in [0.1, 0.15) is 70.6 Å². The van der Waals surface area contributed by atoms with Crippen molar-refractivity contribution in [1.82, 2.24) is 21.3 Å². The number of aliphatic carboxylic acids is 3. The average molecular weight is 656 g/mol. The van der Waals surface area contributed by atoms with Crippen LogP contribution in [-0.4, -0.2) is 74.9 Å². The van der Waals surface area contributed by atoms with E-state index in [9.17, 15) is 29.1 Å². The molecule has 0 bridgehead atoms. The molecule has 2 atom stereocenters. The van der Waals surface area contributed by atoms with Gasteiger partial charge in [-0.05, 0) is 0 Å². The van der Waals surface area contributed by atoms with Crippen LogP contribution in [0.25, 0.3) is 0 Å². The molecular formula is C21H36N4O8W. The Kier molecular flexibility index (Phi) is 18.9. The SMILES string of the molecule is O=CCCCCCCCN[C](=[W])NCCCC[C@H](NC(=O)N[C@@H](CCC(=O)O)C(=O)O)C(=O)O. The molecule has 0 aliphatic rings. The number of carbonyl (C=O) groups excluding carboxylic acids is 2. The molecule has 0 aromatic carbocycles. The third kappa shape index (κ3) is 18.3. The van der Waals surface area contributed by atoms with Gasteiger partial charge in [0.05, 0.1) is 0 Å². The van der Waals surface area contributed by atoms with Gasteiger partial charge in [0, 0.05) is 6.42 Å². The molecule has 13 heteroatoms. The zero-order valence-corrected chi connectivity index (χ0v) is 22.1. The molecule has 7 N–H and O–H groups in total. The first-order chi connectivity index (χ1) is 16.2. The van der Waals surface area contributed by atoms with Crippen molar-refractivity contribution < 1.29 is 58.6 Å². The van der Waals surface area contributed by atoms with E-state index < -0.39 is 42.4 Å². The zero-order chi connectivity index (χ0) is 25.8. The molecule has 2 amide bonds. The molecule has 34 heavy (non-hydrogen) atoms. The quantitative estimate of drug-likeness (QED) is 0.0641. The second-order valence-corrected chi connectivity index (χ2v) is 9.20. The van der Waals surface area contributed by atoms with Crippen molar-refractivity contribution in [2.24, 2.45) is 0 Å². The third-order valence-electron chi connectivity index (χ3n) is 4.84. The van der Waals surface area contributed by atoms with Gasteiger partial charge in [-0.25, -0.2) is 4.79 Å². The van der Waals surface area contributed by atoms with Gasteiger partial charge in [-0.15, -0.1) is 0 Å². The first-order valence-corrected chi connectivity index (χ1v) is 12.8. The zero-order valence-electron chi connectivity index (χ0n) is 19.2. The number of carboxylic acids is 3. The normalized spacial score (nSPS) is 12.4. The van der Waals surface area contributed by atoms with E-state index in [1.165, 1.54) is 19.4 Å². The van der Waals surface area contributed by atoms with Crippen molar-refractivity contribution in [2.45, 2.75) is 82.7 Å². The van der Waals surface area contributed by atoms with E-state index in [0.29, 0.717) is 25.8 Å². The second kappa shape index (κ2) is 20.2. The Hall–Kier alpha value is -2.17. The summed E-state index contributed by atoms with van der Waals surface area (Å²) in [4.78, 5) is 55.4. The summed E-state index contributed by atoms with van der Waals surface area (Å²) >= 11 is 1.26. The number of amides is 2. The monoisotopic (exact) mass is 656 g/mol. The predicted molar refractivity (Wildman–Crippen MR) is 120 cm³/mol. The van der Waals surface area contributed by atoms with Crippen molar-refractivity contribution in [3.63, 3.8) is 0 Å². The Bertz CT molecular complexity index is 677. The van der Waals surface area contributed by atoms with Gasteiger partial charge in [-0.2, -0.15) is 0 Å². The van der Waals surface area contributed by atoms with E-state index in [-0.39, 0.29) is 12.8 Å². The van der Waals surface area contributed by atoms with Crippen LogP contribution in [0.5, 0.6) is 0 Å². The summed E-state index contributed by atoms with van der Waals surface area (Å²) in [5, 5.41) is 37.9. The number of hydrogen-bond donors (Lipinski definition) is 7. The summed E-state index contributed by atoms with van der Waals surface area (Å²) in [6.45, 7) is 1.51. The molecule has 0 spiro atoms. The van der Waals surface area contributed by atoms with Crippen molar-refractivity contribution in [3.05, 3.63) is 0 Å².